The third-order valence-corrected chi connectivity index (χ3v) is 4.46. The van der Waals surface area contributed by atoms with Gasteiger partial charge in [0.2, 0.25) is 0 Å². The number of sulfonamides is 1. The first-order valence-electron chi connectivity index (χ1n) is 6.83. The Bertz CT molecular complexity index is 953. The van der Waals surface area contributed by atoms with E-state index in [0.29, 0.717) is 0 Å². The Morgan fingerprint density at radius 2 is 1.48 bits per heavy atom. The van der Waals surface area contributed by atoms with Crippen LogP contribution in [0.15, 0.2) is 77.7 Å². The summed E-state index contributed by atoms with van der Waals surface area (Å²) in [5, 5.41) is 1.71. The van der Waals surface area contributed by atoms with Crippen LogP contribution in [0, 0.1) is 0 Å². The summed E-state index contributed by atoms with van der Waals surface area (Å²) >= 11 is 0. The van der Waals surface area contributed by atoms with E-state index in [1.54, 1.807) is 24.3 Å². The average Bonchev–Trinajstić information content (AvgIpc) is 2.60. The predicted octanol–water partition coefficient (Wildman–Crippen LogP) is 2.89. The number of rotatable bonds is 4. The molecule has 0 bridgehead atoms. The smallest absolute Gasteiger partial charge is 0.351 e. The molecule has 6 heteroatoms. The summed E-state index contributed by atoms with van der Waals surface area (Å²) < 4.78 is 24.4. The highest BCUT2D eigenvalue weighted by molar-refractivity contribution is 7.89. The topological polar surface area (TPSA) is 72.5 Å². The molecule has 0 fully saturated rings. The molecule has 0 aliphatic carbocycles. The Labute approximate surface area is 133 Å². The van der Waals surface area contributed by atoms with E-state index in [-0.39, 0.29) is 10.5 Å². The monoisotopic (exact) mass is 327 g/mol. The van der Waals surface area contributed by atoms with Gasteiger partial charge in [-0.05, 0) is 39.9 Å². The van der Waals surface area contributed by atoms with Crippen LogP contribution in [0.2, 0.25) is 0 Å². The number of benzene rings is 3. The summed E-state index contributed by atoms with van der Waals surface area (Å²) in [5.41, 5.74) is 0.258. The van der Waals surface area contributed by atoms with Crippen molar-refractivity contribution in [3.8, 4) is 0 Å². The highest BCUT2D eigenvalue weighted by atomic mass is 32.2. The van der Waals surface area contributed by atoms with Gasteiger partial charge in [-0.2, -0.15) is 0 Å². The van der Waals surface area contributed by atoms with Crippen molar-refractivity contribution in [3.05, 3.63) is 78.4 Å². The van der Waals surface area contributed by atoms with E-state index in [0.717, 1.165) is 10.8 Å². The van der Waals surface area contributed by atoms with E-state index in [1.807, 2.05) is 29.2 Å². The van der Waals surface area contributed by atoms with Crippen LogP contribution in [0.3, 0.4) is 0 Å². The van der Waals surface area contributed by atoms with Gasteiger partial charge in [0, 0.05) is 0 Å². The molecule has 3 aromatic carbocycles. The molecule has 0 aromatic heterocycles. The standard InChI is InChI=1S/C17H13NO4S/c19-17(14-7-2-1-3-8-14)22-18-23(20,21)16-11-10-13-6-4-5-9-15(13)12-16/h1-12,18H. The number of nitrogens with one attached hydrogen (secondary N) is 1. The fourth-order valence-electron chi connectivity index (χ4n) is 2.11. The van der Waals surface area contributed by atoms with Crippen molar-refractivity contribution in [1.29, 1.82) is 0 Å². The van der Waals surface area contributed by atoms with Crippen molar-refractivity contribution in [2.24, 2.45) is 0 Å². The van der Waals surface area contributed by atoms with Gasteiger partial charge in [0.1, 0.15) is 0 Å². The van der Waals surface area contributed by atoms with Gasteiger partial charge in [0.15, 0.2) is 0 Å². The normalized spacial score (nSPS) is 11.3. The zero-order valence-electron chi connectivity index (χ0n) is 12.0. The molecule has 23 heavy (non-hydrogen) atoms. The zero-order chi connectivity index (χ0) is 16.3. The zero-order valence-corrected chi connectivity index (χ0v) is 12.8. The van der Waals surface area contributed by atoms with E-state index in [4.69, 9.17) is 0 Å². The van der Waals surface area contributed by atoms with Crippen molar-refractivity contribution in [3.63, 3.8) is 0 Å². The van der Waals surface area contributed by atoms with Crippen LogP contribution in [0.1, 0.15) is 10.4 Å². The Balaban J connectivity index is 1.79. The lowest BCUT2D eigenvalue weighted by Crippen LogP contribution is -2.27. The molecule has 3 rings (SSSR count). The van der Waals surface area contributed by atoms with E-state index in [1.165, 1.54) is 24.3 Å². The minimum Gasteiger partial charge on any atom is -0.351 e. The summed E-state index contributed by atoms with van der Waals surface area (Å²) in [6, 6.07) is 20.2. The molecule has 0 saturated heterocycles. The Morgan fingerprint density at radius 3 is 2.22 bits per heavy atom. The summed E-state index contributed by atoms with van der Waals surface area (Å²) in [6.45, 7) is 0. The van der Waals surface area contributed by atoms with Crippen LogP contribution in [0.25, 0.3) is 10.8 Å². The molecular formula is C17H13NO4S. The van der Waals surface area contributed by atoms with E-state index < -0.39 is 16.0 Å². The molecule has 0 atom stereocenters. The van der Waals surface area contributed by atoms with Gasteiger partial charge >= 0.3 is 5.97 Å². The second-order valence-electron chi connectivity index (χ2n) is 4.85. The van der Waals surface area contributed by atoms with E-state index >= 15 is 0 Å². The van der Waals surface area contributed by atoms with Crippen LogP contribution in [-0.2, 0) is 14.9 Å². The number of fused-ring (bicyclic) bond motifs is 1. The maximum atomic E-state index is 12.2. The summed E-state index contributed by atoms with van der Waals surface area (Å²) in [6.07, 6.45) is 0. The average molecular weight is 327 g/mol. The molecule has 1 N–H and O–H groups in total. The van der Waals surface area contributed by atoms with Crippen LogP contribution >= 0.6 is 0 Å². The van der Waals surface area contributed by atoms with Gasteiger partial charge in [0.05, 0.1) is 10.5 Å². The van der Waals surface area contributed by atoms with Crippen LogP contribution in [-0.4, -0.2) is 14.4 Å². The van der Waals surface area contributed by atoms with Gasteiger partial charge in [0.25, 0.3) is 10.0 Å². The molecule has 0 heterocycles. The maximum Gasteiger partial charge on any atom is 0.357 e. The fourth-order valence-corrected chi connectivity index (χ4v) is 2.92. The quantitative estimate of drug-likeness (QED) is 0.748. The Kier molecular flexibility index (Phi) is 4.10. The highest BCUT2D eigenvalue weighted by Crippen LogP contribution is 2.18. The van der Waals surface area contributed by atoms with Crippen molar-refractivity contribution >= 4 is 26.8 Å². The van der Waals surface area contributed by atoms with Gasteiger partial charge in [-0.15, -0.1) is 0 Å². The van der Waals surface area contributed by atoms with E-state index in [9.17, 15) is 13.2 Å². The first-order valence-corrected chi connectivity index (χ1v) is 8.31. The molecule has 0 spiro atoms. The van der Waals surface area contributed by atoms with Crippen molar-refractivity contribution in [2.45, 2.75) is 4.90 Å². The van der Waals surface area contributed by atoms with Crippen LogP contribution in [0.5, 0.6) is 0 Å². The Hall–Kier alpha value is -2.70. The van der Waals surface area contributed by atoms with Crippen molar-refractivity contribution in [1.82, 2.24) is 4.89 Å². The fraction of sp³-hybridized carbons (Fsp3) is 0. The first-order chi connectivity index (χ1) is 11.1. The first kappa shape index (κ1) is 15.2. The lowest BCUT2D eigenvalue weighted by molar-refractivity contribution is 0.0407. The minimum atomic E-state index is -3.95. The van der Waals surface area contributed by atoms with Crippen LogP contribution < -0.4 is 4.89 Å². The number of hydrogen-bond acceptors (Lipinski definition) is 4. The number of carbonyl (C=O) groups is 1. The van der Waals surface area contributed by atoms with E-state index in [2.05, 4.69) is 4.84 Å². The molecule has 3 aromatic rings. The van der Waals surface area contributed by atoms with Crippen LogP contribution in [0.4, 0.5) is 0 Å². The van der Waals surface area contributed by atoms with Crippen molar-refractivity contribution < 1.29 is 18.0 Å². The summed E-state index contributed by atoms with van der Waals surface area (Å²) in [5.74, 6) is -0.769. The molecule has 0 amide bonds. The summed E-state index contributed by atoms with van der Waals surface area (Å²) in [4.78, 5) is 18.4. The molecule has 0 saturated carbocycles. The molecule has 0 aliphatic rings. The minimum absolute atomic E-state index is 0.0251. The Morgan fingerprint density at radius 1 is 0.826 bits per heavy atom. The third-order valence-electron chi connectivity index (χ3n) is 3.28. The predicted molar refractivity (Wildman–Crippen MR) is 86.1 cm³/mol. The van der Waals surface area contributed by atoms with Crippen molar-refractivity contribution in [2.75, 3.05) is 0 Å². The van der Waals surface area contributed by atoms with Gasteiger partial charge < -0.3 is 4.84 Å². The lowest BCUT2D eigenvalue weighted by atomic mass is 10.1. The number of hydrogen-bond donors (Lipinski definition) is 1. The molecule has 116 valence electrons. The molecule has 0 unspecified atom stereocenters. The van der Waals surface area contributed by atoms with Gasteiger partial charge in [-0.3, -0.25) is 0 Å². The highest BCUT2D eigenvalue weighted by Gasteiger charge is 2.17. The largest absolute Gasteiger partial charge is 0.357 e. The lowest BCUT2D eigenvalue weighted by Gasteiger charge is -2.08. The second-order valence-corrected chi connectivity index (χ2v) is 6.50. The maximum absolute atomic E-state index is 12.2. The second kappa shape index (κ2) is 6.20. The molecule has 0 aliphatic heterocycles. The third kappa shape index (κ3) is 3.39. The summed E-state index contributed by atoms with van der Waals surface area (Å²) in [7, 11) is -3.95. The molecule has 0 radical (unpaired) electrons. The number of carbonyl (C=O) groups excluding carboxylic acids is 1. The molecular weight excluding hydrogens is 314 g/mol. The van der Waals surface area contributed by atoms with Gasteiger partial charge in [-0.25, -0.2) is 13.2 Å². The SMILES string of the molecule is O=C(ONS(=O)(=O)c1ccc2ccccc2c1)c1ccccc1. The molecule has 5 nitrogen and oxygen atoms in total. The van der Waals surface area contributed by atoms with Gasteiger partial charge in [-0.1, -0.05) is 48.5 Å².